The fourth-order valence-corrected chi connectivity index (χ4v) is 2.82. The van der Waals surface area contributed by atoms with E-state index in [1.165, 1.54) is 33.4 Å². The van der Waals surface area contributed by atoms with E-state index >= 15 is 0 Å². The van der Waals surface area contributed by atoms with Crippen LogP contribution in [0.15, 0.2) is 48.5 Å². The molecule has 0 unspecified atom stereocenters. The van der Waals surface area contributed by atoms with Gasteiger partial charge in [-0.3, -0.25) is 0 Å². The highest BCUT2D eigenvalue weighted by Crippen LogP contribution is 2.36. The second-order valence-electron chi connectivity index (χ2n) is 5.71. The molecule has 0 amide bonds. The number of hydrogen-bond donors (Lipinski definition) is 0. The predicted molar refractivity (Wildman–Crippen MR) is 83.3 cm³/mol. The Labute approximate surface area is 115 Å². The Hall–Kier alpha value is -1.82. The number of allylic oxidation sites excluding steroid dienone is 2. The lowest BCUT2D eigenvalue weighted by molar-refractivity contribution is 0.866. The van der Waals surface area contributed by atoms with Crippen LogP contribution in [0, 0.1) is 0 Å². The summed E-state index contributed by atoms with van der Waals surface area (Å²) >= 11 is 0. The lowest BCUT2D eigenvalue weighted by Crippen LogP contribution is -1.93. The topological polar surface area (TPSA) is 0 Å². The minimum absolute atomic E-state index is 0.580. The standard InChI is InChI=1S/C19H20/c1-13(2)16-10-11-18-17-7-5-4-6-15(17)9-8-14(3)19(18)12-16/h4-8,10-13H,9H2,1-3H3. The molecule has 0 heterocycles. The monoisotopic (exact) mass is 248 g/mol. The smallest absolute Gasteiger partial charge is 0.00853 e. The van der Waals surface area contributed by atoms with Crippen LogP contribution in [0.25, 0.3) is 16.7 Å². The summed E-state index contributed by atoms with van der Waals surface area (Å²) in [6, 6.07) is 15.7. The molecule has 3 rings (SSSR count). The van der Waals surface area contributed by atoms with Gasteiger partial charge in [0.25, 0.3) is 0 Å². The van der Waals surface area contributed by atoms with E-state index in [1.54, 1.807) is 0 Å². The van der Waals surface area contributed by atoms with Crippen molar-refractivity contribution < 1.29 is 0 Å². The molecule has 0 spiro atoms. The third-order valence-corrected chi connectivity index (χ3v) is 4.07. The normalized spacial score (nSPS) is 13.6. The molecular weight excluding hydrogens is 228 g/mol. The van der Waals surface area contributed by atoms with Gasteiger partial charge in [-0.25, -0.2) is 0 Å². The highest BCUT2D eigenvalue weighted by atomic mass is 14.2. The van der Waals surface area contributed by atoms with Crippen molar-refractivity contribution in [3.63, 3.8) is 0 Å². The van der Waals surface area contributed by atoms with Gasteiger partial charge in [-0.1, -0.05) is 62.4 Å². The van der Waals surface area contributed by atoms with Gasteiger partial charge in [0.05, 0.1) is 0 Å². The van der Waals surface area contributed by atoms with Gasteiger partial charge in [0.15, 0.2) is 0 Å². The van der Waals surface area contributed by atoms with Gasteiger partial charge in [-0.15, -0.1) is 0 Å². The zero-order valence-corrected chi connectivity index (χ0v) is 11.9. The van der Waals surface area contributed by atoms with Crippen LogP contribution in [-0.2, 0) is 6.42 Å². The molecule has 0 fully saturated rings. The van der Waals surface area contributed by atoms with E-state index in [4.69, 9.17) is 0 Å². The van der Waals surface area contributed by atoms with Gasteiger partial charge in [0.1, 0.15) is 0 Å². The van der Waals surface area contributed by atoms with E-state index in [0.717, 1.165) is 6.42 Å². The number of hydrogen-bond acceptors (Lipinski definition) is 0. The van der Waals surface area contributed by atoms with Gasteiger partial charge in [-0.05, 0) is 52.7 Å². The molecule has 2 aromatic carbocycles. The van der Waals surface area contributed by atoms with Crippen LogP contribution >= 0.6 is 0 Å². The summed E-state index contributed by atoms with van der Waals surface area (Å²) in [5, 5.41) is 0. The molecule has 0 aromatic heterocycles. The van der Waals surface area contributed by atoms with Crippen LogP contribution < -0.4 is 0 Å². The van der Waals surface area contributed by atoms with Gasteiger partial charge < -0.3 is 0 Å². The van der Waals surface area contributed by atoms with Gasteiger partial charge >= 0.3 is 0 Å². The van der Waals surface area contributed by atoms with E-state index in [-0.39, 0.29) is 0 Å². The molecule has 0 atom stereocenters. The molecule has 96 valence electrons. The van der Waals surface area contributed by atoms with Crippen molar-refractivity contribution in [2.45, 2.75) is 33.1 Å². The summed E-state index contributed by atoms with van der Waals surface area (Å²) in [5.74, 6) is 0.580. The maximum Gasteiger partial charge on any atom is -0.00853 e. The maximum atomic E-state index is 2.37. The lowest BCUT2D eigenvalue weighted by Gasteiger charge is -2.14. The molecule has 0 saturated carbocycles. The zero-order chi connectivity index (χ0) is 13.4. The van der Waals surface area contributed by atoms with Crippen molar-refractivity contribution in [2.24, 2.45) is 0 Å². The maximum absolute atomic E-state index is 2.37. The quantitative estimate of drug-likeness (QED) is 0.630. The third kappa shape index (κ3) is 2.12. The minimum Gasteiger partial charge on any atom is -0.0766 e. The summed E-state index contributed by atoms with van der Waals surface area (Å²) in [7, 11) is 0. The number of fused-ring (bicyclic) bond motifs is 3. The van der Waals surface area contributed by atoms with Crippen molar-refractivity contribution in [3.05, 3.63) is 65.2 Å². The second kappa shape index (κ2) is 4.70. The largest absolute Gasteiger partial charge is 0.0766 e. The Morgan fingerprint density at radius 2 is 1.68 bits per heavy atom. The van der Waals surface area contributed by atoms with E-state index in [0.29, 0.717) is 5.92 Å². The molecule has 0 saturated heterocycles. The second-order valence-corrected chi connectivity index (χ2v) is 5.71. The van der Waals surface area contributed by atoms with E-state index in [9.17, 15) is 0 Å². The molecule has 1 aliphatic rings. The zero-order valence-electron chi connectivity index (χ0n) is 11.9. The lowest BCUT2D eigenvalue weighted by atomic mass is 9.91. The van der Waals surface area contributed by atoms with Crippen molar-refractivity contribution in [1.29, 1.82) is 0 Å². The summed E-state index contributed by atoms with van der Waals surface area (Å²) < 4.78 is 0. The molecule has 19 heavy (non-hydrogen) atoms. The molecule has 2 aromatic rings. The predicted octanol–water partition coefficient (Wildman–Crippen LogP) is 5.44. The fraction of sp³-hybridized carbons (Fsp3) is 0.263. The van der Waals surface area contributed by atoms with Crippen LogP contribution in [0.5, 0.6) is 0 Å². The summed E-state index contributed by atoms with van der Waals surface area (Å²) in [5.41, 5.74) is 8.42. The molecule has 0 bridgehead atoms. The number of rotatable bonds is 1. The highest BCUT2D eigenvalue weighted by molar-refractivity contribution is 5.84. The molecule has 0 aliphatic heterocycles. The van der Waals surface area contributed by atoms with Crippen molar-refractivity contribution in [3.8, 4) is 11.1 Å². The Kier molecular flexibility index (Phi) is 3.02. The first-order valence-electron chi connectivity index (χ1n) is 7.06. The first-order chi connectivity index (χ1) is 9.16. The van der Waals surface area contributed by atoms with Crippen molar-refractivity contribution in [1.82, 2.24) is 0 Å². The van der Waals surface area contributed by atoms with Crippen LogP contribution in [0.2, 0.25) is 0 Å². The van der Waals surface area contributed by atoms with Crippen LogP contribution in [0.1, 0.15) is 43.4 Å². The SMILES string of the molecule is CC1=CCc2ccccc2-c2ccc(C(C)C)cc21. The summed E-state index contributed by atoms with van der Waals surface area (Å²) in [6.07, 6.45) is 3.39. The number of benzene rings is 2. The van der Waals surface area contributed by atoms with Crippen molar-refractivity contribution >= 4 is 5.57 Å². The Bertz CT molecular complexity index is 645. The summed E-state index contributed by atoms with van der Waals surface area (Å²) in [4.78, 5) is 0. The Morgan fingerprint density at radius 1 is 0.895 bits per heavy atom. The molecule has 1 aliphatic carbocycles. The van der Waals surface area contributed by atoms with E-state index in [1.807, 2.05) is 0 Å². The molecule has 0 N–H and O–H groups in total. The third-order valence-electron chi connectivity index (χ3n) is 4.07. The highest BCUT2D eigenvalue weighted by Gasteiger charge is 2.14. The van der Waals surface area contributed by atoms with E-state index in [2.05, 4.69) is 69.3 Å². The first kappa shape index (κ1) is 12.2. The average molecular weight is 248 g/mol. The summed E-state index contributed by atoms with van der Waals surface area (Å²) in [6.45, 7) is 6.74. The van der Waals surface area contributed by atoms with Gasteiger partial charge in [0.2, 0.25) is 0 Å². The van der Waals surface area contributed by atoms with Crippen LogP contribution in [0.3, 0.4) is 0 Å². The van der Waals surface area contributed by atoms with Gasteiger partial charge in [0, 0.05) is 0 Å². The van der Waals surface area contributed by atoms with E-state index < -0.39 is 0 Å². The Balaban J connectivity index is 2.26. The van der Waals surface area contributed by atoms with Gasteiger partial charge in [-0.2, -0.15) is 0 Å². The molecule has 0 radical (unpaired) electrons. The average Bonchev–Trinajstić information content (AvgIpc) is 2.57. The van der Waals surface area contributed by atoms with Crippen LogP contribution in [0.4, 0.5) is 0 Å². The molecular formula is C19H20. The van der Waals surface area contributed by atoms with Crippen LogP contribution in [-0.4, -0.2) is 0 Å². The Morgan fingerprint density at radius 3 is 2.47 bits per heavy atom. The first-order valence-corrected chi connectivity index (χ1v) is 7.06. The molecule has 0 nitrogen and oxygen atoms in total. The fourth-order valence-electron chi connectivity index (χ4n) is 2.82. The van der Waals surface area contributed by atoms with Crippen molar-refractivity contribution in [2.75, 3.05) is 0 Å². The molecule has 0 heteroatoms. The minimum atomic E-state index is 0.580.